The average molecular weight is 350 g/mol. The van der Waals surface area contributed by atoms with Gasteiger partial charge >= 0.3 is 5.97 Å². The molecule has 0 aliphatic heterocycles. The van der Waals surface area contributed by atoms with Crippen LogP contribution in [-0.4, -0.2) is 11.1 Å². The van der Waals surface area contributed by atoms with E-state index in [1.807, 2.05) is 0 Å². The topological polar surface area (TPSA) is 46.5 Å². The fourth-order valence-electron chi connectivity index (χ4n) is 1.65. The Hall–Kier alpha value is -1.49. The highest BCUT2D eigenvalue weighted by molar-refractivity contribution is 6.36. The monoisotopic (exact) mass is 348 g/mol. The van der Waals surface area contributed by atoms with Gasteiger partial charge in [-0.05, 0) is 24.3 Å². The second-order valence-electron chi connectivity index (χ2n) is 4.09. The summed E-state index contributed by atoms with van der Waals surface area (Å²) in [5.74, 6) is -1.71. The van der Waals surface area contributed by atoms with E-state index in [4.69, 9.17) is 44.6 Å². The lowest BCUT2D eigenvalue weighted by molar-refractivity contribution is 0.0692. The standard InChI is InChI=1S/C14H8Cl3FO3/c15-8-3-10(14(19)20)13(12(17)4-8)21-6-7-1-2-9(18)5-11(7)16/h1-5H,6H2,(H,19,20). The summed E-state index contributed by atoms with van der Waals surface area (Å²) in [7, 11) is 0. The second-order valence-corrected chi connectivity index (χ2v) is 5.34. The Balaban J connectivity index is 2.29. The molecular weight excluding hydrogens is 342 g/mol. The highest BCUT2D eigenvalue weighted by atomic mass is 35.5. The smallest absolute Gasteiger partial charge is 0.339 e. The summed E-state index contributed by atoms with van der Waals surface area (Å²) >= 11 is 17.6. The lowest BCUT2D eigenvalue weighted by Crippen LogP contribution is -2.04. The number of carbonyl (C=O) groups is 1. The highest BCUT2D eigenvalue weighted by Gasteiger charge is 2.17. The molecule has 0 aromatic heterocycles. The number of rotatable bonds is 4. The molecule has 110 valence electrons. The lowest BCUT2D eigenvalue weighted by Gasteiger charge is -2.12. The van der Waals surface area contributed by atoms with Gasteiger partial charge in [0.15, 0.2) is 5.75 Å². The molecule has 0 saturated carbocycles. The van der Waals surface area contributed by atoms with Crippen LogP contribution in [0.25, 0.3) is 0 Å². The van der Waals surface area contributed by atoms with Crippen LogP contribution >= 0.6 is 34.8 Å². The van der Waals surface area contributed by atoms with Gasteiger partial charge in [0.05, 0.1) is 10.0 Å². The molecule has 0 spiro atoms. The number of ether oxygens (including phenoxy) is 1. The fourth-order valence-corrected chi connectivity index (χ4v) is 2.42. The SMILES string of the molecule is O=C(O)c1cc(Cl)cc(Cl)c1OCc1ccc(F)cc1Cl. The first-order valence-corrected chi connectivity index (χ1v) is 6.81. The quantitative estimate of drug-likeness (QED) is 0.839. The molecule has 2 aromatic carbocycles. The number of hydrogen-bond acceptors (Lipinski definition) is 2. The van der Waals surface area contributed by atoms with E-state index in [-0.39, 0.29) is 33.0 Å². The van der Waals surface area contributed by atoms with Crippen molar-refractivity contribution in [2.75, 3.05) is 0 Å². The van der Waals surface area contributed by atoms with E-state index >= 15 is 0 Å². The van der Waals surface area contributed by atoms with Gasteiger partial charge in [-0.25, -0.2) is 9.18 Å². The van der Waals surface area contributed by atoms with Crippen LogP contribution in [0.5, 0.6) is 5.75 Å². The number of hydrogen-bond donors (Lipinski definition) is 1. The Morgan fingerprint density at radius 2 is 1.86 bits per heavy atom. The fraction of sp³-hybridized carbons (Fsp3) is 0.0714. The van der Waals surface area contributed by atoms with E-state index in [1.165, 1.54) is 24.3 Å². The summed E-state index contributed by atoms with van der Waals surface area (Å²) in [6.07, 6.45) is 0. The van der Waals surface area contributed by atoms with Crippen LogP contribution in [0.4, 0.5) is 4.39 Å². The molecule has 0 bridgehead atoms. The summed E-state index contributed by atoms with van der Waals surface area (Å²) in [4.78, 5) is 11.2. The molecular formula is C14H8Cl3FO3. The van der Waals surface area contributed by atoms with E-state index in [0.717, 1.165) is 6.07 Å². The molecule has 2 rings (SSSR count). The van der Waals surface area contributed by atoms with Crippen molar-refractivity contribution in [3.8, 4) is 5.75 Å². The minimum absolute atomic E-state index is 0.0195. The summed E-state index contributed by atoms with van der Waals surface area (Å²) in [5.41, 5.74) is 0.339. The Kier molecular flexibility index (Phi) is 4.93. The molecule has 0 atom stereocenters. The first kappa shape index (κ1) is 15.9. The van der Waals surface area contributed by atoms with Crippen LogP contribution in [0.3, 0.4) is 0 Å². The Morgan fingerprint density at radius 1 is 1.14 bits per heavy atom. The average Bonchev–Trinajstić information content (AvgIpc) is 2.38. The molecule has 0 amide bonds. The molecule has 0 unspecified atom stereocenters. The van der Waals surface area contributed by atoms with Gasteiger partial charge in [0, 0.05) is 10.6 Å². The summed E-state index contributed by atoms with van der Waals surface area (Å²) in [6.45, 7) is -0.0548. The van der Waals surface area contributed by atoms with Crippen LogP contribution in [0.1, 0.15) is 15.9 Å². The number of carboxylic acid groups (broad SMARTS) is 1. The molecule has 0 fully saturated rings. The van der Waals surface area contributed by atoms with E-state index in [2.05, 4.69) is 0 Å². The first-order chi connectivity index (χ1) is 9.88. The third kappa shape index (κ3) is 3.79. The third-order valence-electron chi connectivity index (χ3n) is 2.63. The van der Waals surface area contributed by atoms with Crippen LogP contribution < -0.4 is 4.74 Å². The van der Waals surface area contributed by atoms with Gasteiger partial charge in [-0.3, -0.25) is 0 Å². The molecule has 3 nitrogen and oxygen atoms in total. The van der Waals surface area contributed by atoms with E-state index < -0.39 is 11.8 Å². The molecule has 0 heterocycles. The van der Waals surface area contributed by atoms with Crippen molar-refractivity contribution in [3.05, 3.63) is 62.3 Å². The van der Waals surface area contributed by atoms with Gasteiger partial charge < -0.3 is 9.84 Å². The molecule has 2 aromatic rings. The van der Waals surface area contributed by atoms with Crippen LogP contribution in [0.15, 0.2) is 30.3 Å². The van der Waals surface area contributed by atoms with Crippen molar-refractivity contribution >= 4 is 40.8 Å². The minimum Gasteiger partial charge on any atom is -0.486 e. The van der Waals surface area contributed by atoms with E-state index in [0.29, 0.717) is 5.56 Å². The summed E-state index contributed by atoms with van der Waals surface area (Å²) < 4.78 is 18.4. The van der Waals surface area contributed by atoms with Crippen molar-refractivity contribution in [1.29, 1.82) is 0 Å². The predicted molar refractivity (Wildman–Crippen MR) is 79.2 cm³/mol. The van der Waals surface area contributed by atoms with Crippen LogP contribution in [0, 0.1) is 5.82 Å². The number of carboxylic acids is 1. The van der Waals surface area contributed by atoms with Crippen molar-refractivity contribution in [3.63, 3.8) is 0 Å². The maximum atomic E-state index is 13.0. The zero-order chi connectivity index (χ0) is 15.6. The zero-order valence-electron chi connectivity index (χ0n) is 10.4. The van der Waals surface area contributed by atoms with Gasteiger partial charge in [0.1, 0.15) is 18.0 Å². The van der Waals surface area contributed by atoms with E-state index in [1.54, 1.807) is 0 Å². The predicted octanol–water partition coefficient (Wildman–Crippen LogP) is 5.06. The lowest BCUT2D eigenvalue weighted by atomic mass is 10.2. The molecule has 0 radical (unpaired) electrons. The molecule has 0 saturated heterocycles. The van der Waals surface area contributed by atoms with Gasteiger partial charge in [0.25, 0.3) is 0 Å². The molecule has 1 N–H and O–H groups in total. The highest BCUT2D eigenvalue weighted by Crippen LogP contribution is 2.33. The van der Waals surface area contributed by atoms with Crippen molar-refractivity contribution in [1.82, 2.24) is 0 Å². The molecule has 0 aliphatic rings. The van der Waals surface area contributed by atoms with Gasteiger partial charge in [0.2, 0.25) is 0 Å². The molecule has 7 heteroatoms. The largest absolute Gasteiger partial charge is 0.486 e. The van der Waals surface area contributed by atoms with Crippen molar-refractivity contribution < 1.29 is 19.0 Å². The number of benzene rings is 2. The zero-order valence-corrected chi connectivity index (χ0v) is 12.6. The van der Waals surface area contributed by atoms with Gasteiger partial charge in [-0.1, -0.05) is 40.9 Å². The van der Waals surface area contributed by atoms with Gasteiger partial charge in [-0.15, -0.1) is 0 Å². The Bertz CT molecular complexity index is 704. The summed E-state index contributed by atoms with van der Waals surface area (Å²) in [6, 6.07) is 6.42. The molecule has 0 aliphatic carbocycles. The van der Waals surface area contributed by atoms with Crippen molar-refractivity contribution in [2.24, 2.45) is 0 Å². The maximum absolute atomic E-state index is 13.0. The van der Waals surface area contributed by atoms with Crippen LogP contribution in [-0.2, 0) is 6.61 Å². The summed E-state index contributed by atoms with van der Waals surface area (Å²) in [5, 5.41) is 9.56. The number of aromatic carboxylic acids is 1. The second kappa shape index (κ2) is 6.52. The van der Waals surface area contributed by atoms with E-state index in [9.17, 15) is 9.18 Å². The third-order valence-corrected chi connectivity index (χ3v) is 3.48. The first-order valence-electron chi connectivity index (χ1n) is 5.67. The van der Waals surface area contributed by atoms with Crippen molar-refractivity contribution in [2.45, 2.75) is 6.61 Å². The maximum Gasteiger partial charge on any atom is 0.339 e. The Labute approximate surface area is 134 Å². The number of halogens is 4. The Morgan fingerprint density at radius 3 is 2.48 bits per heavy atom. The van der Waals surface area contributed by atoms with Crippen LogP contribution in [0.2, 0.25) is 15.1 Å². The normalized spacial score (nSPS) is 10.5. The molecule has 21 heavy (non-hydrogen) atoms. The minimum atomic E-state index is -1.22. The van der Waals surface area contributed by atoms with Gasteiger partial charge in [-0.2, -0.15) is 0 Å².